The second kappa shape index (κ2) is 5.01. The smallest absolute Gasteiger partial charge is 0.340 e. The molecule has 0 bridgehead atoms. The highest BCUT2D eigenvalue weighted by Gasteiger charge is 2.19. The van der Waals surface area contributed by atoms with Crippen molar-refractivity contribution in [2.24, 2.45) is 0 Å². The van der Waals surface area contributed by atoms with Crippen LogP contribution in [-0.4, -0.2) is 23.1 Å². The molecule has 19 heavy (non-hydrogen) atoms. The molecule has 0 unspecified atom stereocenters. The van der Waals surface area contributed by atoms with Crippen LogP contribution in [0.1, 0.15) is 10.4 Å². The van der Waals surface area contributed by atoms with Crippen LogP contribution in [0.25, 0.3) is 11.1 Å². The molecule has 98 valence electrons. The van der Waals surface area contributed by atoms with Crippen LogP contribution in [0.4, 0.5) is 14.6 Å². The van der Waals surface area contributed by atoms with Gasteiger partial charge in [-0.05, 0) is 18.2 Å². The van der Waals surface area contributed by atoms with Crippen molar-refractivity contribution in [1.29, 1.82) is 0 Å². The highest BCUT2D eigenvalue weighted by Crippen LogP contribution is 2.30. The van der Waals surface area contributed by atoms with Gasteiger partial charge in [-0.3, -0.25) is 0 Å². The van der Waals surface area contributed by atoms with Crippen molar-refractivity contribution in [3.63, 3.8) is 0 Å². The second-order valence-electron chi connectivity index (χ2n) is 3.76. The topological polar surface area (TPSA) is 62.2 Å². The van der Waals surface area contributed by atoms with Gasteiger partial charge in [0.05, 0.1) is 0 Å². The van der Waals surface area contributed by atoms with Crippen LogP contribution in [0.3, 0.4) is 0 Å². The molecule has 2 rings (SSSR count). The Hall–Kier alpha value is -2.50. The van der Waals surface area contributed by atoms with E-state index in [0.717, 1.165) is 6.07 Å². The molecule has 1 aromatic heterocycles. The number of carboxylic acids is 1. The number of aromatic carboxylic acids is 1. The first-order valence-corrected chi connectivity index (χ1v) is 5.40. The molecule has 0 spiro atoms. The Morgan fingerprint density at radius 3 is 2.58 bits per heavy atom. The minimum atomic E-state index is -1.24. The number of carbonyl (C=O) groups is 1. The van der Waals surface area contributed by atoms with Gasteiger partial charge in [0.25, 0.3) is 0 Å². The van der Waals surface area contributed by atoms with Crippen LogP contribution in [0.2, 0.25) is 0 Å². The largest absolute Gasteiger partial charge is 0.478 e. The predicted octanol–water partition coefficient (Wildman–Crippen LogP) is 2.77. The summed E-state index contributed by atoms with van der Waals surface area (Å²) in [5.41, 5.74) is -0.00226. The third-order valence-electron chi connectivity index (χ3n) is 2.62. The molecule has 0 saturated heterocycles. The summed E-state index contributed by atoms with van der Waals surface area (Å²) in [5, 5.41) is 11.8. The molecular formula is C13H10F2N2O2. The molecule has 0 radical (unpaired) electrons. The average molecular weight is 264 g/mol. The molecule has 1 aromatic carbocycles. The van der Waals surface area contributed by atoms with Gasteiger partial charge in [-0.1, -0.05) is 0 Å². The Labute approximate surface area is 107 Å². The van der Waals surface area contributed by atoms with E-state index in [9.17, 15) is 18.7 Å². The zero-order valence-corrected chi connectivity index (χ0v) is 9.95. The van der Waals surface area contributed by atoms with E-state index in [-0.39, 0.29) is 22.5 Å². The predicted molar refractivity (Wildman–Crippen MR) is 66.1 cm³/mol. The van der Waals surface area contributed by atoms with Gasteiger partial charge >= 0.3 is 5.97 Å². The number of nitrogens with zero attached hydrogens (tertiary/aromatic N) is 1. The van der Waals surface area contributed by atoms with Gasteiger partial charge in [-0.25, -0.2) is 18.6 Å². The van der Waals surface area contributed by atoms with Gasteiger partial charge in [0.1, 0.15) is 23.0 Å². The van der Waals surface area contributed by atoms with Crippen LogP contribution < -0.4 is 5.32 Å². The third-order valence-corrected chi connectivity index (χ3v) is 2.62. The number of aromatic nitrogens is 1. The lowest BCUT2D eigenvalue weighted by Crippen LogP contribution is -2.07. The van der Waals surface area contributed by atoms with E-state index in [1.54, 1.807) is 0 Å². The number of benzene rings is 1. The van der Waals surface area contributed by atoms with Gasteiger partial charge in [-0.15, -0.1) is 0 Å². The zero-order chi connectivity index (χ0) is 14.0. The lowest BCUT2D eigenvalue weighted by Gasteiger charge is -2.11. The molecule has 0 fully saturated rings. The van der Waals surface area contributed by atoms with E-state index in [2.05, 4.69) is 10.3 Å². The number of carboxylic acid groups (broad SMARTS) is 1. The third kappa shape index (κ3) is 2.37. The zero-order valence-electron chi connectivity index (χ0n) is 9.95. The number of rotatable bonds is 3. The molecule has 0 aliphatic carbocycles. The molecule has 1 heterocycles. The number of halogens is 2. The van der Waals surface area contributed by atoms with E-state index in [4.69, 9.17) is 0 Å². The summed E-state index contributed by atoms with van der Waals surface area (Å²) in [4.78, 5) is 15.1. The monoisotopic (exact) mass is 264 g/mol. The Kier molecular flexibility index (Phi) is 3.41. The van der Waals surface area contributed by atoms with Gasteiger partial charge in [-0.2, -0.15) is 0 Å². The first-order valence-electron chi connectivity index (χ1n) is 5.40. The highest BCUT2D eigenvalue weighted by molar-refractivity contribution is 6.00. The molecule has 0 aliphatic rings. The van der Waals surface area contributed by atoms with E-state index in [1.807, 2.05) is 0 Å². The minimum absolute atomic E-state index is 0.0118. The molecule has 4 nitrogen and oxygen atoms in total. The second-order valence-corrected chi connectivity index (χ2v) is 3.76. The van der Waals surface area contributed by atoms with E-state index < -0.39 is 17.6 Å². The Morgan fingerprint density at radius 1 is 1.26 bits per heavy atom. The maximum Gasteiger partial charge on any atom is 0.340 e. The van der Waals surface area contributed by atoms with Crippen molar-refractivity contribution in [2.45, 2.75) is 0 Å². The quantitative estimate of drug-likeness (QED) is 0.894. The number of pyridine rings is 1. The van der Waals surface area contributed by atoms with Gasteiger partial charge in [0.2, 0.25) is 0 Å². The lowest BCUT2D eigenvalue weighted by molar-refractivity contribution is 0.0698. The first kappa shape index (κ1) is 12.9. The number of anilines is 1. The number of nitrogens with one attached hydrogen (secondary N) is 1. The maximum absolute atomic E-state index is 13.7. The fourth-order valence-corrected chi connectivity index (χ4v) is 1.80. The van der Waals surface area contributed by atoms with Gasteiger partial charge in [0.15, 0.2) is 0 Å². The van der Waals surface area contributed by atoms with Crippen molar-refractivity contribution < 1.29 is 18.7 Å². The highest BCUT2D eigenvalue weighted by atomic mass is 19.1. The summed E-state index contributed by atoms with van der Waals surface area (Å²) < 4.78 is 26.6. The van der Waals surface area contributed by atoms with Crippen LogP contribution >= 0.6 is 0 Å². The minimum Gasteiger partial charge on any atom is -0.478 e. The summed E-state index contributed by atoms with van der Waals surface area (Å²) in [6.45, 7) is 0. The van der Waals surface area contributed by atoms with Crippen LogP contribution in [-0.2, 0) is 0 Å². The molecular weight excluding hydrogens is 254 g/mol. The summed E-state index contributed by atoms with van der Waals surface area (Å²) in [5.74, 6) is -2.67. The molecule has 0 atom stereocenters. The normalized spacial score (nSPS) is 10.3. The average Bonchev–Trinajstić information content (AvgIpc) is 2.37. The molecule has 6 heteroatoms. The van der Waals surface area contributed by atoms with Crippen molar-refractivity contribution in [3.05, 3.63) is 47.7 Å². The fourth-order valence-electron chi connectivity index (χ4n) is 1.80. The molecule has 0 aliphatic heterocycles. The van der Waals surface area contributed by atoms with Gasteiger partial charge < -0.3 is 10.4 Å². The van der Waals surface area contributed by atoms with E-state index in [1.165, 1.54) is 25.4 Å². The molecule has 2 N–H and O–H groups in total. The SMILES string of the molecule is CNc1nccc(-c2ccc(F)cc2F)c1C(=O)O. The standard InChI is InChI=1S/C13H10F2N2O2/c1-16-12-11(13(18)19)9(4-5-17-12)8-3-2-7(14)6-10(8)15/h2-6H,1H3,(H,16,17)(H,18,19). The van der Waals surface area contributed by atoms with E-state index in [0.29, 0.717) is 6.07 Å². The fraction of sp³-hybridized carbons (Fsp3) is 0.0769. The summed E-state index contributed by atoms with van der Waals surface area (Å²) in [7, 11) is 1.51. The van der Waals surface area contributed by atoms with Crippen molar-refractivity contribution in [1.82, 2.24) is 4.98 Å². The summed E-state index contributed by atoms with van der Waals surface area (Å²) in [6, 6.07) is 4.36. The van der Waals surface area contributed by atoms with E-state index >= 15 is 0 Å². The van der Waals surface area contributed by atoms with Gasteiger partial charge in [0, 0.05) is 30.4 Å². The van der Waals surface area contributed by atoms with Crippen LogP contribution in [0, 0.1) is 11.6 Å². The van der Waals surface area contributed by atoms with Crippen LogP contribution in [0.5, 0.6) is 0 Å². The van der Waals surface area contributed by atoms with Crippen LogP contribution in [0.15, 0.2) is 30.5 Å². The molecule has 0 saturated carbocycles. The Morgan fingerprint density at radius 2 is 2.00 bits per heavy atom. The van der Waals surface area contributed by atoms with Crippen molar-refractivity contribution >= 4 is 11.8 Å². The van der Waals surface area contributed by atoms with Crippen molar-refractivity contribution in [2.75, 3.05) is 12.4 Å². The lowest BCUT2D eigenvalue weighted by atomic mass is 10.0. The maximum atomic E-state index is 13.7. The number of hydrogen-bond acceptors (Lipinski definition) is 3. The Bertz CT molecular complexity index is 645. The molecule has 2 aromatic rings. The first-order chi connectivity index (χ1) is 9.04. The number of hydrogen-bond donors (Lipinski definition) is 2. The molecule has 0 amide bonds. The Balaban J connectivity index is 2.71. The van der Waals surface area contributed by atoms with Crippen molar-refractivity contribution in [3.8, 4) is 11.1 Å². The summed E-state index contributed by atoms with van der Waals surface area (Å²) >= 11 is 0. The summed E-state index contributed by atoms with van der Waals surface area (Å²) in [6.07, 6.45) is 1.36.